The number of nitrogens with one attached hydrogen (secondary N) is 1. The highest BCUT2D eigenvalue weighted by Crippen LogP contribution is 2.06. The predicted octanol–water partition coefficient (Wildman–Crippen LogP) is 1.07. The number of nitrogens with zero attached hydrogens (tertiary/aromatic N) is 1. The van der Waals surface area contributed by atoms with Crippen molar-refractivity contribution in [2.24, 2.45) is 0 Å². The van der Waals surface area contributed by atoms with Crippen molar-refractivity contribution in [1.29, 1.82) is 0 Å². The number of halogens is 1. The van der Waals surface area contributed by atoms with Crippen molar-refractivity contribution in [2.45, 2.75) is 6.54 Å². The molecule has 1 rings (SSSR count). The molecule has 1 aromatic rings. The van der Waals surface area contributed by atoms with Crippen LogP contribution >= 0.6 is 11.3 Å². The van der Waals surface area contributed by atoms with E-state index in [9.17, 15) is 4.39 Å². The van der Waals surface area contributed by atoms with Gasteiger partial charge in [-0.3, -0.25) is 5.73 Å². The lowest BCUT2D eigenvalue weighted by atomic mass is 10.7. The smallest absolute Gasteiger partial charge is 0.223 e. The third kappa shape index (κ3) is 1.02. The zero-order valence-corrected chi connectivity index (χ0v) is 4.83. The third-order valence-electron chi connectivity index (χ3n) is 0.675. The summed E-state index contributed by atoms with van der Waals surface area (Å²) in [4.78, 5) is 3.39. The van der Waals surface area contributed by atoms with E-state index < -0.39 is 5.95 Å². The molecule has 4 heteroatoms. The largest absolute Gasteiger partial charge is 0.251 e. The number of thiazole rings is 1. The molecule has 0 bridgehead atoms. The van der Waals surface area contributed by atoms with Crippen molar-refractivity contribution in [3.8, 4) is 0 Å². The summed E-state index contributed by atoms with van der Waals surface area (Å²) in [5.41, 5.74) is 6.74. The Morgan fingerprint density at radius 1 is 1.88 bits per heavy atom. The Balaban J connectivity index is 2.84. The van der Waals surface area contributed by atoms with Crippen molar-refractivity contribution in [1.82, 2.24) is 10.7 Å². The molecule has 1 aromatic heterocycles. The summed E-state index contributed by atoms with van der Waals surface area (Å²) in [6, 6.07) is 0. The topological polar surface area (TPSA) is 36.7 Å². The van der Waals surface area contributed by atoms with E-state index in [2.05, 4.69) is 4.98 Å². The van der Waals surface area contributed by atoms with Crippen molar-refractivity contribution in [3.63, 3.8) is 0 Å². The molecule has 0 fully saturated rings. The van der Waals surface area contributed by atoms with Gasteiger partial charge in [0.2, 0.25) is 5.95 Å². The monoisotopic (exact) mass is 131 g/mol. The third-order valence-corrected chi connectivity index (χ3v) is 1.49. The standard InChI is InChI=1S/C4H4FN2S/c5-3-2-8-4(1-6)7-3/h2,6H,1H2. The minimum atomic E-state index is -0.475. The Hall–Kier alpha value is -0.480. The van der Waals surface area contributed by atoms with Crippen LogP contribution in [0, 0.1) is 5.95 Å². The van der Waals surface area contributed by atoms with E-state index in [0.29, 0.717) is 5.01 Å². The van der Waals surface area contributed by atoms with Crippen LogP contribution in [0.2, 0.25) is 0 Å². The average molecular weight is 131 g/mol. The fraction of sp³-hybridized carbons (Fsp3) is 0.250. The van der Waals surface area contributed by atoms with Gasteiger partial charge in [0.1, 0.15) is 5.01 Å². The molecule has 0 aliphatic heterocycles. The molecule has 1 N–H and O–H groups in total. The van der Waals surface area contributed by atoms with Crippen molar-refractivity contribution in [3.05, 3.63) is 16.3 Å². The molecule has 1 radical (unpaired) electrons. The first kappa shape index (κ1) is 5.65. The van der Waals surface area contributed by atoms with Crippen molar-refractivity contribution >= 4 is 11.3 Å². The molecule has 1 heterocycles. The molecule has 0 amide bonds. The Bertz CT molecular complexity index is 174. The van der Waals surface area contributed by atoms with Crippen LogP contribution in [0.1, 0.15) is 5.01 Å². The molecule has 0 aliphatic rings. The second-order valence-electron chi connectivity index (χ2n) is 1.24. The quantitative estimate of drug-likeness (QED) is 0.561. The minimum Gasteiger partial charge on any atom is -0.251 e. The fourth-order valence-electron chi connectivity index (χ4n) is 0.370. The molecule has 43 valence electrons. The molecule has 0 aliphatic carbocycles. The average Bonchev–Trinajstić information content (AvgIpc) is 2.14. The highest BCUT2D eigenvalue weighted by atomic mass is 32.1. The van der Waals surface area contributed by atoms with Gasteiger partial charge in [-0.15, -0.1) is 11.3 Å². The number of aromatic nitrogens is 1. The van der Waals surface area contributed by atoms with Gasteiger partial charge in [0.05, 0.1) is 6.54 Å². The SMILES string of the molecule is [NH]Cc1nc(F)cs1. The van der Waals surface area contributed by atoms with E-state index in [1.807, 2.05) is 0 Å². The van der Waals surface area contributed by atoms with Crippen LogP contribution in [-0.2, 0) is 6.54 Å². The van der Waals surface area contributed by atoms with E-state index in [-0.39, 0.29) is 6.54 Å². The Kier molecular flexibility index (Phi) is 1.55. The molecular formula is C4H4FN2S. The van der Waals surface area contributed by atoms with Crippen molar-refractivity contribution < 1.29 is 4.39 Å². The van der Waals surface area contributed by atoms with Gasteiger partial charge in [-0.1, -0.05) is 0 Å². The number of hydrogen-bond donors (Lipinski definition) is 0. The van der Waals surface area contributed by atoms with Crippen LogP contribution in [0.5, 0.6) is 0 Å². The summed E-state index contributed by atoms with van der Waals surface area (Å²) in [7, 11) is 0. The molecule has 8 heavy (non-hydrogen) atoms. The summed E-state index contributed by atoms with van der Waals surface area (Å²) in [5, 5.41) is 1.83. The van der Waals surface area contributed by atoms with E-state index in [1.54, 1.807) is 0 Å². The number of rotatable bonds is 1. The van der Waals surface area contributed by atoms with E-state index in [1.165, 1.54) is 16.7 Å². The molecule has 2 nitrogen and oxygen atoms in total. The van der Waals surface area contributed by atoms with Gasteiger partial charge in [0.15, 0.2) is 0 Å². The highest BCUT2D eigenvalue weighted by molar-refractivity contribution is 7.09. The lowest BCUT2D eigenvalue weighted by molar-refractivity contribution is 0.587. The van der Waals surface area contributed by atoms with Crippen LogP contribution in [0.3, 0.4) is 0 Å². The van der Waals surface area contributed by atoms with E-state index in [0.717, 1.165) is 0 Å². The van der Waals surface area contributed by atoms with Crippen LogP contribution in [0.15, 0.2) is 5.38 Å². The summed E-state index contributed by atoms with van der Waals surface area (Å²) in [6.07, 6.45) is 0. The Morgan fingerprint density at radius 2 is 2.62 bits per heavy atom. The molecule has 0 unspecified atom stereocenters. The van der Waals surface area contributed by atoms with E-state index >= 15 is 0 Å². The first-order chi connectivity index (χ1) is 3.83. The molecule has 0 aromatic carbocycles. The zero-order valence-electron chi connectivity index (χ0n) is 4.02. The molecule has 0 saturated heterocycles. The second kappa shape index (κ2) is 2.19. The lowest BCUT2D eigenvalue weighted by Crippen LogP contribution is -1.81. The number of hydrogen-bond acceptors (Lipinski definition) is 2. The van der Waals surface area contributed by atoms with Gasteiger partial charge in [0.25, 0.3) is 0 Å². The van der Waals surface area contributed by atoms with Gasteiger partial charge in [-0.2, -0.15) is 4.39 Å². The highest BCUT2D eigenvalue weighted by Gasteiger charge is 1.95. The molecular weight excluding hydrogens is 127 g/mol. The van der Waals surface area contributed by atoms with E-state index in [4.69, 9.17) is 5.73 Å². The van der Waals surface area contributed by atoms with Gasteiger partial charge in [0, 0.05) is 5.38 Å². The first-order valence-electron chi connectivity index (χ1n) is 2.07. The predicted molar refractivity (Wildman–Crippen MR) is 28.9 cm³/mol. The molecule has 0 saturated carbocycles. The maximum Gasteiger partial charge on any atom is 0.223 e. The van der Waals surface area contributed by atoms with Crippen LogP contribution in [-0.4, -0.2) is 4.98 Å². The second-order valence-corrected chi connectivity index (χ2v) is 2.18. The van der Waals surface area contributed by atoms with Crippen LogP contribution in [0.25, 0.3) is 0 Å². The minimum absolute atomic E-state index is 0.0780. The van der Waals surface area contributed by atoms with Gasteiger partial charge in [-0.05, 0) is 0 Å². The summed E-state index contributed by atoms with van der Waals surface area (Å²) in [6.45, 7) is 0.0780. The van der Waals surface area contributed by atoms with Crippen LogP contribution in [0.4, 0.5) is 4.39 Å². The first-order valence-corrected chi connectivity index (χ1v) is 2.95. The maximum atomic E-state index is 11.9. The maximum absolute atomic E-state index is 11.9. The summed E-state index contributed by atoms with van der Waals surface area (Å²) in [5.74, 6) is -0.475. The van der Waals surface area contributed by atoms with Crippen molar-refractivity contribution in [2.75, 3.05) is 0 Å². The van der Waals surface area contributed by atoms with Gasteiger partial charge in [-0.25, -0.2) is 4.98 Å². The zero-order chi connectivity index (χ0) is 5.98. The normalized spacial score (nSPS) is 9.75. The van der Waals surface area contributed by atoms with Gasteiger partial charge < -0.3 is 0 Å². The Labute approximate surface area is 50.2 Å². The Morgan fingerprint density at radius 3 is 2.88 bits per heavy atom. The fourth-order valence-corrected chi connectivity index (χ4v) is 0.879. The summed E-state index contributed by atoms with van der Waals surface area (Å²) >= 11 is 1.18. The lowest BCUT2D eigenvalue weighted by Gasteiger charge is -1.77. The van der Waals surface area contributed by atoms with Crippen LogP contribution < -0.4 is 5.73 Å². The molecule has 0 atom stereocenters. The molecule has 0 spiro atoms. The van der Waals surface area contributed by atoms with Gasteiger partial charge >= 0.3 is 0 Å². The summed E-state index contributed by atoms with van der Waals surface area (Å²) < 4.78 is 11.9.